The first-order chi connectivity index (χ1) is 14.6. The van der Waals surface area contributed by atoms with Crippen LogP contribution in [-0.4, -0.2) is 29.4 Å². The summed E-state index contributed by atoms with van der Waals surface area (Å²) in [5, 5.41) is 6.03. The molecule has 7 nitrogen and oxygen atoms in total. The Hall–Kier alpha value is -2.15. The number of nitrogens with two attached hydrogens (primary N) is 2. The summed E-state index contributed by atoms with van der Waals surface area (Å²) in [5.74, 6) is 1.21. The van der Waals surface area contributed by atoms with Crippen LogP contribution >= 0.6 is 0 Å². The largest absolute Gasteiger partial charge is 0.384 e. The van der Waals surface area contributed by atoms with E-state index in [1.807, 2.05) is 6.07 Å². The standard InChI is InChI=1S/C23H37N5O2/c24-13-20(29)28-22(23(30)27-15-16-11-12-19(25)26-14-16)21(17-7-3-1-4-8-17)18-9-5-2-6-10-18/h11-12,14,17-18,21-22H,1-10,13,15,24H2,(H2,25,26)(H,27,30)(H,28,29)/t22-/m1/s1. The molecule has 0 spiro atoms. The third-order valence-corrected chi connectivity index (χ3v) is 6.87. The van der Waals surface area contributed by atoms with E-state index in [-0.39, 0.29) is 24.3 Å². The molecule has 1 aromatic heterocycles. The quantitative estimate of drug-likeness (QED) is 0.519. The van der Waals surface area contributed by atoms with E-state index < -0.39 is 6.04 Å². The summed E-state index contributed by atoms with van der Waals surface area (Å²) in [6.07, 6.45) is 13.6. The molecule has 7 heteroatoms. The summed E-state index contributed by atoms with van der Waals surface area (Å²) in [6, 6.07) is 3.05. The minimum absolute atomic E-state index is 0.103. The Kier molecular flexibility index (Phi) is 8.49. The fourth-order valence-corrected chi connectivity index (χ4v) is 5.38. The van der Waals surface area contributed by atoms with Crippen LogP contribution in [-0.2, 0) is 16.1 Å². The molecule has 2 aliphatic rings. The van der Waals surface area contributed by atoms with Crippen LogP contribution in [0.5, 0.6) is 0 Å². The number of hydrogen-bond donors (Lipinski definition) is 4. The molecule has 0 unspecified atom stereocenters. The van der Waals surface area contributed by atoms with Gasteiger partial charge in [0.1, 0.15) is 11.9 Å². The summed E-state index contributed by atoms with van der Waals surface area (Å²) in [6.45, 7) is 0.261. The Balaban J connectivity index is 1.78. The Bertz CT molecular complexity index is 663. The van der Waals surface area contributed by atoms with E-state index in [0.717, 1.165) is 31.2 Å². The third kappa shape index (κ3) is 6.17. The molecule has 30 heavy (non-hydrogen) atoms. The van der Waals surface area contributed by atoms with Gasteiger partial charge >= 0.3 is 0 Å². The molecule has 2 amide bonds. The SMILES string of the molecule is NCC(=O)N[C@@H](C(=O)NCc1ccc(N)nc1)C(C1CCCCC1)C1CCCCC1. The van der Waals surface area contributed by atoms with Gasteiger partial charge in [-0.05, 0) is 29.4 Å². The van der Waals surface area contributed by atoms with Crippen molar-refractivity contribution in [1.29, 1.82) is 0 Å². The van der Waals surface area contributed by atoms with Gasteiger partial charge in [-0.15, -0.1) is 0 Å². The molecule has 0 saturated heterocycles. The number of aromatic nitrogens is 1. The number of nitrogens with zero attached hydrogens (tertiary/aromatic N) is 1. The number of carbonyl (C=O) groups is 2. The van der Waals surface area contributed by atoms with E-state index in [4.69, 9.17) is 11.5 Å². The highest BCUT2D eigenvalue weighted by atomic mass is 16.2. The summed E-state index contributed by atoms with van der Waals surface area (Å²) in [4.78, 5) is 29.7. The molecule has 6 N–H and O–H groups in total. The van der Waals surface area contributed by atoms with E-state index in [0.29, 0.717) is 24.2 Å². The molecular weight excluding hydrogens is 378 g/mol. The maximum atomic E-state index is 13.3. The highest BCUT2D eigenvalue weighted by molar-refractivity contribution is 5.88. The van der Waals surface area contributed by atoms with E-state index >= 15 is 0 Å². The van der Waals surface area contributed by atoms with Crippen LogP contribution in [0.25, 0.3) is 0 Å². The van der Waals surface area contributed by atoms with Crippen molar-refractivity contribution in [1.82, 2.24) is 15.6 Å². The molecule has 1 heterocycles. The molecule has 0 radical (unpaired) electrons. The zero-order valence-electron chi connectivity index (χ0n) is 17.9. The fourth-order valence-electron chi connectivity index (χ4n) is 5.38. The molecule has 2 aliphatic carbocycles. The van der Waals surface area contributed by atoms with Crippen LogP contribution in [0.15, 0.2) is 18.3 Å². The Morgan fingerprint density at radius 1 is 1.00 bits per heavy atom. The van der Waals surface area contributed by atoms with Crippen LogP contribution in [0.1, 0.15) is 69.8 Å². The highest BCUT2D eigenvalue weighted by Gasteiger charge is 2.40. The minimum Gasteiger partial charge on any atom is -0.384 e. The molecule has 1 atom stereocenters. The third-order valence-electron chi connectivity index (χ3n) is 6.87. The molecule has 1 aromatic rings. The lowest BCUT2D eigenvalue weighted by molar-refractivity contribution is -0.131. The van der Waals surface area contributed by atoms with Crippen LogP contribution in [0.3, 0.4) is 0 Å². The second kappa shape index (κ2) is 11.3. The molecule has 3 rings (SSSR count). The maximum Gasteiger partial charge on any atom is 0.243 e. The number of amides is 2. The van der Waals surface area contributed by atoms with E-state index in [1.54, 1.807) is 12.3 Å². The van der Waals surface area contributed by atoms with Crippen molar-refractivity contribution in [2.45, 2.75) is 76.8 Å². The normalized spacial score (nSPS) is 19.4. The average molecular weight is 416 g/mol. The van der Waals surface area contributed by atoms with Gasteiger partial charge in [-0.1, -0.05) is 70.3 Å². The lowest BCUT2D eigenvalue weighted by atomic mass is 9.66. The van der Waals surface area contributed by atoms with Gasteiger partial charge in [-0.25, -0.2) is 4.98 Å². The summed E-state index contributed by atoms with van der Waals surface area (Å²) >= 11 is 0. The monoisotopic (exact) mass is 415 g/mol. The lowest BCUT2D eigenvalue weighted by Crippen LogP contribution is -2.55. The van der Waals surface area contributed by atoms with E-state index in [1.165, 1.54) is 38.5 Å². The first-order valence-corrected chi connectivity index (χ1v) is 11.6. The van der Waals surface area contributed by atoms with Crippen molar-refractivity contribution < 1.29 is 9.59 Å². The second-order valence-electron chi connectivity index (χ2n) is 8.93. The van der Waals surface area contributed by atoms with Crippen LogP contribution in [0.4, 0.5) is 5.82 Å². The van der Waals surface area contributed by atoms with Gasteiger partial charge in [0.15, 0.2) is 0 Å². The highest BCUT2D eigenvalue weighted by Crippen LogP contribution is 2.41. The minimum atomic E-state index is -0.533. The number of hydrogen-bond acceptors (Lipinski definition) is 5. The topological polar surface area (TPSA) is 123 Å². The van der Waals surface area contributed by atoms with Crippen LogP contribution in [0.2, 0.25) is 0 Å². The van der Waals surface area contributed by atoms with Crippen molar-refractivity contribution in [2.24, 2.45) is 23.5 Å². The number of pyridine rings is 1. The number of rotatable bonds is 8. The zero-order valence-corrected chi connectivity index (χ0v) is 17.9. The Morgan fingerprint density at radius 2 is 1.60 bits per heavy atom. The number of carbonyl (C=O) groups excluding carboxylic acids is 2. The molecule has 0 aliphatic heterocycles. The Morgan fingerprint density at radius 3 is 2.10 bits per heavy atom. The maximum absolute atomic E-state index is 13.3. The Labute approximate surface area is 179 Å². The van der Waals surface area contributed by atoms with Gasteiger partial charge in [-0.2, -0.15) is 0 Å². The van der Waals surface area contributed by atoms with Gasteiger partial charge < -0.3 is 22.1 Å². The average Bonchev–Trinajstić information content (AvgIpc) is 2.79. The lowest BCUT2D eigenvalue weighted by Gasteiger charge is -2.42. The first-order valence-electron chi connectivity index (χ1n) is 11.6. The van der Waals surface area contributed by atoms with Crippen LogP contribution < -0.4 is 22.1 Å². The van der Waals surface area contributed by atoms with E-state index in [9.17, 15) is 9.59 Å². The molecule has 166 valence electrons. The van der Waals surface area contributed by atoms with Gasteiger partial charge in [0.2, 0.25) is 11.8 Å². The zero-order chi connectivity index (χ0) is 21.3. The molecule has 0 bridgehead atoms. The predicted molar refractivity (Wildman–Crippen MR) is 118 cm³/mol. The molecule has 2 saturated carbocycles. The number of anilines is 1. The number of nitrogens with one attached hydrogen (secondary N) is 2. The summed E-state index contributed by atoms with van der Waals surface area (Å²) in [7, 11) is 0. The predicted octanol–water partition coefficient (Wildman–Crippen LogP) is 2.50. The van der Waals surface area contributed by atoms with Crippen molar-refractivity contribution in [3.63, 3.8) is 0 Å². The van der Waals surface area contributed by atoms with Crippen molar-refractivity contribution in [3.05, 3.63) is 23.9 Å². The van der Waals surface area contributed by atoms with Crippen molar-refractivity contribution in [2.75, 3.05) is 12.3 Å². The smallest absolute Gasteiger partial charge is 0.243 e. The van der Waals surface area contributed by atoms with Gasteiger partial charge in [-0.3, -0.25) is 9.59 Å². The van der Waals surface area contributed by atoms with E-state index in [2.05, 4.69) is 15.6 Å². The molecule has 2 fully saturated rings. The van der Waals surface area contributed by atoms with Gasteiger partial charge in [0.05, 0.1) is 6.54 Å². The summed E-state index contributed by atoms with van der Waals surface area (Å²) in [5.41, 5.74) is 12.1. The van der Waals surface area contributed by atoms with Crippen molar-refractivity contribution >= 4 is 17.6 Å². The fraction of sp³-hybridized carbons (Fsp3) is 0.696. The van der Waals surface area contributed by atoms with Gasteiger partial charge in [0, 0.05) is 12.7 Å². The second-order valence-corrected chi connectivity index (χ2v) is 8.93. The number of nitrogen functional groups attached to an aromatic ring is 1. The van der Waals surface area contributed by atoms with Crippen molar-refractivity contribution in [3.8, 4) is 0 Å². The summed E-state index contributed by atoms with van der Waals surface area (Å²) < 4.78 is 0. The first kappa shape index (κ1) is 22.5. The molecular formula is C23H37N5O2. The molecule has 0 aromatic carbocycles. The van der Waals surface area contributed by atoms with Crippen LogP contribution in [0, 0.1) is 17.8 Å². The van der Waals surface area contributed by atoms with Gasteiger partial charge in [0.25, 0.3) is 0 Å².